The lowest BCUT2D eigenvalue weighted by molar-refractivity contribution is 0.832. The average molecular weight is 175 g/mol. The van der Waals surface area contributed by atoms with Crippen LogP contribution in [0, 0.1) is 6.92 Å². The van der Waals surface area contributed by atoms with E-state index in [1.165, 1.54) is 0 Å². The summed E-state index contributed by atoms with van der Waals surface area (Å²) in [5, 5.41) is 2.69. The molecule has 2 aromatic heterocycles. The summed E-state index contributed by atoms with van der Waals surface area (Å²) < 4.78 is 1.73. The van der Waals surface area contributed by atoms with Crippen molar-refractivity contribution in [3.05, 3.63) is 46.6 Å². The quantitative estimate of drug-likeness (QED) is 0.699. The summed E-state index contributed by atoms with van der Waals surface area (Å²) in [5.41, 5.74) is 1.71. The van der Waals surface area contributed by atoms with E-state index < -0.39 is 0 Å². The van der Waals surface area contributed by atoms with Gasteiger partial charge in [0.2, 0.25) is 0 Å². The molecule has 0 amide bonds. The number of H-pyrrole nitrogens is 1. The average Bonchev–Trinajstić information content (AvgIpc) is 2.47. The van der Waals surface area contributed by atoms with E-state index in [1.807, 2.05) is 19.1 Å². The van der Waals surface area contributed by atoms with Gasteiger partial charge in [0.1, 0.15) is 0 Å². The molecule has 0 saturated carbocycles. The zero-order chi connectivity index (χ0) is 9.26. The summed E-state index contributed by atoms with van der Waals surface area (Å²) in [6, 6.07) is 5.23. The van der Waals surface area contributed by atoms with Crippen molar-refractivity contribution in [3.8, 4) is 5.69 Å². The van der Waals surface area contributed by atoms with Crippen molar-refractivity contribution in [2.75, 3.05) is 0 Å². The fraction of sp³-hybridized carbons (Fsp3) is 0.111. The number of nitrogens with one attached hydrogen (secondary N) is 1. The first-order valence-corrected chi connectivity index (χ1v) is 3.96. The summed E-state index contributed by atoms with van der Waals surface area (Å²) in [7, 11) is 0. The van der Waals surface area contributed by atoms with Gasteiger partial charge in [-0.3, -0.25) is 19.6 Å². The predicted octanol–water partition coefficient (Wildman–Crippen LogP) is 0.869. The zero-order valence-corrected chi connectivity index (χ0v) is 7.19. The third-order valence-corrected chi connectivity index (χ3v) is 1.84. The second kappa shape index (κ2) is 2.90. The molecule has 0 aliphatic carbocycles. The first-order valence-electron chi connectivity index (χ1n) is 3.96. The number of aromatic amines is 1. The predicted molar refractivity (Wildman–Crippen MR) is 48.9 cm³/mol. The molecule has 0 spiro atoms. The Morgan fingerprint density at radius 2 is 2.08 bits per heavy atom. The Morgan fingerprint density at radius 3 is 2.62 bits per heavy atom. The van der Waals surface area contributed by atoms with Crippen LogP contribution in [0.4, 0.5) is 0 Å². The largest absolute Gasteiger partial charge is 0.268 e. The first kappa shape index (κ1) is 7.79. The number of nitrogens with zero attached hydrogens (tertiary/aromatic N) is 2. The van der Waals surface area contributed by atoms with Crippen LogP contribution in [0.3, 0.4) is 0 Å². The molecule has 0 aromatic carbocycles. The minimum absolute atomic E-state index is 0.0886. The van der Waals surface area contributed by atoms with Gasteiger partial charge < -0.3 is 0 Å². The molecule has 0 radical (unpaired) electrons. The van der Waals surface area contributed by atoms with Gasteiger partial charge in [-0.05, 0) is 19.1 Å². The van der Waals surface area contributed by atoms with Crippen molar-refractivity contribution < 1.29 is 0 Å². The number of hydrogen-bond donors (Lipinski definition) is 1. The maximum absolute atomic E-state index is 11.0. The molecule has 2 aromatic rings. The van der Waals surface area contributed by atoms with Crippen molar-refractivity contribution >= 4 is 0 Å². The molecular weight excluding hydrogens is 166 g/mol. The van der Waals surface area contributed by atoms with E-state index in [0.29, 0.717) is 0 Å². The summed E-state index contributed by atoms with van der Waals surface area (Å²) >= 11 is 0. The van der Waals surface area contributed by atoms with Gasteiger partial charge in [-0.1, -0.05) is 0 Å². The molecule has 0 atom stereocenters. The minimum Gasteiger partial charge on any atom is -0.268 e. The van der Waals surface area contributed by atoms with Gasteiger partial charge in [-0.25, -0.2) is 0 Å². The molecule has 0 bridgehead atoms. The third-order valence-electron chi connectivity index (χ3n) is 1.84. The van der Waals surface area contributed by atoms with E-state index in [0.717, 1.165) is 11.4 Å². The Balaban J connectivity index is 2.59. The summed E-state index contributed by atoms with van der Waals surface area (Å²) in [5.74, 6) is 0. The number of rotatable bonds is 1. The fourth-order valence-electron chi connectivity index (χ4n) is 1.25. The number of aryl methyl sites for hydroxylation is 1. The van der Waals surface area contributed by atoms with Gasteiger partial charge >= 0.3 is 0 Å². The highest BCUT2D eigenvalue weighted by Crippen LogP contribution is 2.04. The Hall–Kier alpha value is -1.84. The van der Waals surface area contributed by atoms with Crippen LogP contribution < -0.4 is 5.56 Å². The molecule has 0 unspecified atom stereocenters. The monoisotopic (exact) mass is 175 g/mol. The van der Waals surface area contributed by atoms with Gasteiger partial charge in [-0.15, -0.1) is 0 Å². The second-order valence-corrected chi connectivity index (χ2v) is 2.80. The van der Waals surface area contributed by atoms with E-state index in [4.69, 9.17) is 0 Å². The topological polar surface area (TPSA) is 50.7 Å². The Labute approximate surface area is 74.8 Å². The van der Waals surface area contributed by atoms with Crippen LogP contribution in [0.15, 0.2) is 35.4 Å². The molecule has 2 heterocycles. The van der Waals surface area contributed by atoms with Gasteiger partial charge in [0, 0.05) is 24.2 Å². The van der Waals surface area contributed by atoms with Crippen LogP contribution in [0.5, 0.6) is 0 Å². The number of hydrogen-bond acceptors (Lipinski definition) is 2. The molecule has 1 N–H and O–H groups in total. The van der Waals surface area contributed by atoms with Crippen molar-refractivity contribution in [2.24, 2.45) is 0 Å². The highest BCUT2D eigenvalue weighted by molar-refractivity contribution is 5.29. The summed E-state index contributed by atoms with van der Waals surface area (Å²) in [6.07, 6.45) is 3.38. The van der Waals surface area contributed by atoms with Crippen LogP contribution in [-0.2, 0) is 0 Å². The lowest BCUT2D eigenvalue weighted by Gasteiger charge is -2.02. The van der Waals surface area contributed by atoms with E-state index in [1.54, 1.807) is 23.1 Å². The Kier molecular flexibility index (Phi) is 1.73. The van der Waals surface area contributed by atoms with Gasteiger partial charge in [0.25, 0.3) is 5.56 Å². The summed E-state index contributed by atoms with van der Waals surface area (Å²) in [4.78, 5) is 14.9. The highest BCUT2D eigenvalue weighted by atomic mass is 16.1. The van der Waals surface area contributed by atoms with Crippen LogP contribution in [-0.4, -0.2) is 14.8 Å². The number of aromatic nitrogens is 3. The third kappa shape index (κ3) is 1.38. The molecule has 2 rings (SSSR count). The Morgan fingerprint density at radius 1 is 1.38 bits per heavy atom. The van der Waals surface area contributed by atoms with Crippen molar-refractivity contribution in [2.45, 2.75) is 6.92 Å². The molecule has 0 aliphatic heterocycles. The first-order chi connectivity index (χ1) is 6.27. The van der Waals surface area contributed by atoms with E-state index in [-0.39, 0.29) is 5.56 Å². The number of pyridine rings is 1. The molecule has 0 saturated heterocycles. The molecule has 0 aliphatic rings. The van der Waals surface area contributed by atoms with Crippen molar-refractivity contribution in [1.82, 2.24) is 14.8 Å². The maximum atomic E-state index is 11.0. The fourth-order valence-corrected chi connectivity index (χ4v) is 1.25. The SMILES string of the molecule is Cc1cc(=O)[nH]n1-c1ccncc1. The van der Waals surface area contributed by atoms with Gasteiger partial charge in [-0.2, -0.15) is 0 Å². The molecule has 0 fully saturated rings. The smallest absolute Gasteiger partial charge is 0.264 e. The van der Waals surface area contributed by atoms with Crippen molar-refractivity contribution in [3.63, 3.8) is 0 Å². The Bertz CT molecular complexity index is 455. The van der Waals surface area contributed by atoms with E-state index in [9.17, 15) is 4.79 Å². The minimum atomic E-state index is -0.0886. The molecule has 4 nitrogen and oxygen atoms in total. The summed E-state index contributed by atoms with van der Waals surface area (Å²) in [6.45, 7) is 1.87. The molecular formula is C9H9N3O. The molecule has 4 heteroatoms. The van der Waals surface area contributed by atoms with Gasteiger partial charge in [0.15, 0.2) is 0 Å². The lowest BCUT2D eigenvalue weighted by Crippen LogP contribution is -2.03. The highest BCUT2D eigenvalue weighted by Gasteiger charge is 2.00. The zero-order valence-electron chi connectivity index (χ0n) is 7.19. The van der Waals surface area contributed by atoms with Crippen LogP contribution >= 0.6 is 0 Å². The molecule has 13 heavy (non-hydrogen) atoms. The normalized spacial score (nSPS) is 10.2. The second-order valence-electron chi connectivity index (χ2n) is 2.80. The maximum Gasteiger partial charge on any atom is 0.264 e. The van der Waals surface area contributed by atoms with Crippen LogP contribution in [0.25, 0.3) is 5.69 Å². The standard InChI is InChI=1S/C9H9N3O/c1-7-6-9(13)11-12(7)8-2-4-10-5-3-8/h2-6H,1H3,(H,11,13). The van der Waals surface area contributed by atoms with Crippen molar-refractivity contribution in [1.29, 1.82) is 0 Å². The van der Waals surface area contributed by atoms with E-state index >= 15 is 0 Å². The van der Waals surface area contributed by atoms with E-state index in [2.05, 4.69) is 10.1 Å². The lowest BCUT2D eigenvalue weighted by atomic mass is 10.4. The molecule has 66 valence electrons. The van der Waals surface area contributed by atoms with Crippen LogP contribution in [0.1, 0.15) is 5.69 Å². The van der Waals surface area contributed by atoms with Gasteiger partial charge in [0.05, 0.1) is 5.69 Å². The van der Waals surface area contributed by atoms with Crippen LogP contribution in [0.2, 0.25) is 0 Å².